The van der Waals surface area contributed by atoms with Crippen molar-refractivity contribution in [3.63, 3.8) is 0 Å². The van der Waals surface area contributed by atoms with E-state index < -0.39 is 21.1 Å². The summed E-state index contributed by atoms with van der Waals surface area (Å²) in [5.74, 6) is -0.398. The predicted octanol–water partition coefficient (Wildman–Crippen LogP) is 4.46. The Morgan fingerprint density at radius 2 is 1.58 bits per heavy atom. The summed E-state index contributed by atoms with van der Waals surface area (Å²) in [6, 6.07) is 10.7. The zero-order valence-corrected chi connectivity index (χ0v) is 15.1. The van der Waals surface area contributed by atoms with Gasteiger partial charge in [0, 0.05) is 20.6 Å². The maximum Gasteiger partial charge on any atom is 0.267 e. The fourth-order valence-electron chi connectivity index (χ4n) is 2.31. The minimum Gasteiger partial charge on any atom is -0.321 e. The molecule has 1 aromatic heterocycles. The summed E-state index contributed by atoms with van der Waals surface area (Å²) >= 11 is 17.7. The number of halogens is 3. The molecular formula is C16H10Cl3NO3S. The maximum atomic E-state index is 12.6. The van der Waals surface area contributed by atoms with Gasteiger partial charge in [-0.25, -0.2) is 8.42 Å². The van der Waals surface area contributed by atoms with Crippen LogP contribution in [0.1, 0.15) is 5.56 Å². The number of fused-ring (bicyclic) bond motifs is 1. The Hall–Kier alpha value is -1.53. The number of pyridine rings is 1. The number of hydrogen-bond donors (Lipinski definition) is 1. The first-order valence-corrected chi connectivity index (χ1v) is 9.54. The van der Waals surface area contributed by atoms with Crippen molar-refractivity contribution >= 4 is 55.5 Å². The van der Waals surface area contributed by atoms with Crippen LogP contribution in [0.25, 0.3) is 10.9 Å². The molecule has 0 unspecified atom stereocenters. The summed E-state index contributed by atoms with van der Waals surface area (Å²) in [5.41, 5.74) is 0.141. The van der Waals surface area contributed by atoms with E-state index >= 15 is 0 Å². The summed E-state index contributed by atoms with van der Waals surface area (Å²) in [7, 11) is -3.89. The molecule has 1 N–H and O–H groups in total. The maximum absolute atomic E-state index is 12.6. The quantitative estimate of drug-likeness (QED) is 0.703. The molecule has 0 amide bonds. The lowest BCUT2D eigenvalue weighted by atomic mass is 10.2. The first kappa shape index (κ1) is 17.3. The SMILES string of the molecule is O=c1[nH]c2cc(Cl)ccc2cc1S(=O)(=O)Cc1ccc(Cl)cc1Cl. The summed E-state index contributed by atoms with van der Waals surface area (Å²) in [6.45, 7) is 0. The third-order valence-corrected chi connectivity index (χ3v) is 5.96. The lowest BCUT2D eigenvalue weighted by Crippen LogP contribution is -2.19. The van der Waals surface area contributed by atoms with Gasteiger partial charge in [0.05, 0.1) is 5.75 Å². The summed E-state index contributed by atoms with van der Waals surface area (Å²) in [6.07, 6.45) is 0. The van der Waals surface area contributed by atoms with Crippen molar-refractivity contribution in [2.45, 2.75) is 10.6 Å². The molecule has 0 saturated heterocycles. The Balaban J connectivity index is 2.09. The third-order valence-electron chi connectivity index (χ3n) is 3.47. The molecule has 0 fully saturated rings. The van der Waals surface area contributed by atoms with Gasteiger partial charge in [-0.05, 0) is 41.3 Å². The van der Waals surface area contributed by atoms with Crippen LogP contribution in [0.5, 0.6) is 0 Å². The number of rotatable bonds is 3. The lowest BCUT2D eigenvalue weighted by Gasteiger charge is -2.08. The average Bonchev–Trinajstić information content (AvgIpc) is 2.49. The molecule has 24 heavy (non-hydrogen) atoms. The number of benzene rings is 2. The van der Waals surface area contributed by atoms with Gasteiger partial charge in [0.25, 0.3) is 5.56 Å². The highest BCUT2D eigenvalue weighted by molar-refractivity contribution is 7.90. The number of nitrogens with one attached hydrogen (secondary N) is 1. The summed E-state index contributed by atoms with van der Waals surface area (Å²) < 4.78 is 25.3. The topological polar surface area (TPSA) is 67.0 Å². The van der Waals surface area contributed by atoms with Crippen molar-refractivity contribution in [1.29, 1.82) is 0 Å². The smallest absolute Gasteiger partial charge is 0.267 e. The van der Waals surface area contributed by atoms with E-state index in [9.17, 15) is 13.2 Å². The second-order valence-corrected chi connectivity index (χ2v) is 8.43. The highest BCUT2D eigenvalue weighted by Gasteiger charge is 2.21. The molecular weight excluding hydrogens is 393 g/mol. The highest BCUT2D eigenvalue weighted by atomic mass is 35.5. The van der Waals surface area contributed by atoms with Crippen molar-refractivity contribution in [1.82, 2.24) is 4.98 Å². The molecule has 124 valence electrons. The number of H-pyrrole nitrogens is 1. The zero-order valence-electron chi connectivity index (χ0n) is 12.0. The minimum atomic E-state index is -3.89. The number of aromatic nitrogens is 1. The van der Waals surface area contributed by atoms with Crippen LogP contribution in [0, 0.1) is 0 Å². The van der Waals surface area contributed by atoms with Crippen molar-refractivity contribution in [3.8, 4) is 0 Å². The standard InChI is InChI=1S/C16H10Cl3NO3S/c17-11-4-2-10(13(19)6-11)8-24(22,23)15-5-9-1-3-12(18)7-14(9)20-16(15)21/h1-7H,8H2,(H,20,21). The van der Waals surface area contributed by atoms with Gasteiger partial charge in [0.15, 0.2) is 9.84 Å². The van der Waals surface area contributed by atoms with Gasteiger partial charge in [-0.1, -0.05) is 46.9 Å². The van der Waals surface area contributed by atoms with Crippen LogP contribution >= 0.6 is 34.8 Å². The van der Waals surface area contributed by atoms with Crippen LogP contribution in [-0.2, 0) is 15.6 Å². The Labute approximate surface area is 152 Å². The van der Waals surface area contributed by atoms with E-state index in [1.54, 1.807) is 24.3 Å². The van der Waals surface area contributed by atoms with Gasteiger partial charge < -0.3 is 4.98 Å². The van der Waals surface area contributed by atoms with E-state index in [0.717, 1.165) is 0 Å². The first-order chi connectivity index (χ1) is 11.3. The van der Waals surface area contributed by atoms with Gasteiger partial charge in [0.2, 0.25) is 0 Å². The van der Waals surface area contributed by atoms with Gasteiger partial charge in [-0.15, -0.1) is 0 Å². The number of hydrogen-bond acceptors (Lipinski definition) is 3. The molecule has 0 aliphatic carbocycles. The molecule has 8 heteroatoms. The molecule has 0 aliphatic heterocycles. The van der Waals surface area contributed by atoms with Crippen molar-refractivity contribution in [2.75, 3.05) is 0 Å². The Kier molecular flexibility index (Phi) is 4.62. The van der Waals surface area contributed by atoms with Crippen LogP contribution in [0.3, 0.4) is 0 Å². The number of sulfone groups is 1. The Morgan fingerprint density at radius 1 is 0.917 bits per heavy atom. The van der Waals surface area contributed by atoms with E-state index in [1.807, 2.05) is 0 Å². The Morgan fingerprint density at radius 3 is 2.29 bits per heavy atom. The van der Waals surface area contributed by atoms with Gasteiger partial charge in [-0.2, -0.15) is 0 Å². The molecule has 4 nitrogen and oxygen atoms in total. The predicted molar refractivity (Wildman–Crippen MR) is 96.9 cm³/mol. The number of aromatic amines is 1. The lowest BCUT2D eigenvalue weighted by molar-refractivity contribution is 0.594. The minimum absolute atomic E-state index is 0.232. The van der Waals surface area contributed by atoms with Crippen molar-refractivity contribution in [2.24, 2.45) is 0 Å². The van der Waals surface area contributed by atoms with Gasteiger partial charge >= 0.3 is 0 Å². The van der Waals surface area contributed by atoms with Crippen molar-refractivity contribution in [3.05, 3.63) is 73.4 Å². The van der Waals surface area contributed by atoms with E-state index in [0.29, 0.717) is 26.5 Å². The molecule has 0 aliphatic rings. The fourth-order valence-corrected chi connectivity index (χ4v) is 4.49. The second kappa shape index (κ2) is 6.41. The van der Waals surface area contributed by atoms with Crippen molar-refractivity contribution < 1.29 is 8.42 Å². The summed E-state index contributed by atoms with van der Waals surface area (Å²) in [5, 5.41) is 1.65. The fraction of sp³-hybridized carbons (Fsp3) is 0.0625. The van der Waals surface area contributed by atoms with Gasteiger partial charge in [-0.3, -0.25) is 4.79 Å². The van der Waals surface area contributed by atoms with Crippen LogP contribution in [0.15, 0.2) is 52.2 Å². The largest absolute Gasteiger partial charge is 0.321 e. The van der Waals surface area contributed by atoms with E-state index in [-0.39, 0.29) is 9.92 Å². The van der Waals surface area contributed by atoms with Crippen LogP contribution in [0.4, 0.5) is 0 Å². The summed E-state index contributed by atoms with van der Waals surface area (Å²) in [4.78, 5) is 14.4. The molecule has 0 saturated carbocycles. The molecule has 0 bridgehead atoms. The molecule has 1 heterocycles. The van der Waals surface area contributed by atoms with Crippen LogP contribution < -0.4 is 5.56 Å². The van der Waals surface area contributed by atoms with Gasteiger partial charge in [0.1, 0.15) is 4.90 Å². The first-order valence-electron chi connectivity index (χ1n) is 6.75. The average molecular weight is 403 g/mol. The molecule has 0 radical (unpaired) electrons. The molecule has 0 atom stereocenters. The van der Waals surface area contributed by atoms with E-state index in [1.165, 1.54) is 18.2 Å². The zero-order chi connectivity index (χ0) is 17.5. The molecule has 3 aromatic rings. The Bertz CT molecular complexity index is 1110. The molecule has 0 spiro atoms. The molecule has 2 aromatic carbocycles. The normalized spacial score (nSPS) is 11.8. The van der Waals surface area contributed by atoms with Crippen LogP contribution in [-0.4, -0.2) is 13.4 Å². The monoisotopic (exact) mass is 401 g/mol. The highest BCUT2D eigenvalue weighted by Crippen LogP contribution is 2.25. The van der Waals surface area contributed by atoms with E-state index in [2.05, 4.69) is 4.98 Å². The molecule has 3 rings (SSSR count). The second-order valence-electron chi connectivity index (χ2n) is 5.19. The third kappa shape index (κ3) is 3.44. The van der Waals surface area contributed by atoms with Crippen LogP contribution in [0.2, 0.25) is 15.1 Å². The van der Waals surface area contributed by atoms with E-state index in [4.69, 9.17) is 34.8 Å².